The maximum atomic E-state index is 12.3. The third-order valence-corrected chi connectivity index (χ3v) is 2.69. The van der Waals surface area contributed by atoms with Gasteiger partial charge in [-0.25, -0.2) is 0 Å². The summed E-state index contributed by atoms with van der Waals surface area (Å²) in [5, 5.41) is 12.0. The molecule has 0 bridgehead atoms. The lowest BCUT2D eigenvalue weighted by Gasteiger charge is -2.12. The molecule has 1 unspecified atom stereocenters. The Morgan fingerprint density at radius 2 is 1.82 bits per heavy atom. The van der Waals surface area contributed by atoms with Gasteiger partial charge in [0, 0.05) is 5.92 Å². The van der Waals surface area contributed by atoms with E-state index in [4.69, 9.17) is 5.21 Å². The molecule has 1 aromatic carbocycles. The van der Waals surface area contributed by atoms with Crippen LogP contribution in [-0.2, 0) is 6.18 Å². The van der Waals surface area contributed by atoms with Crippen molar-refractivity contribution in [2.45, 2.75) is 26.4 Å². The van der Waals surface area contributed by atoms with Gasteiger partial charge in [-0.2, -0.15) is 13.2 Å². The summed E-state index contributed by atoms with van der Waals surface area (Å²) in [7, 11) is 0. The molecule has 0 aromatic heterocycles. The van der Waals surface area contributed by atoms with Crippen molar-refractivity contribution in [3.8, 4) is 0 Å². The number of nitrogens with zero attached hydrogens (tertiary/aromatic N) is 1. The Morgan fingerprint density at radius 1 is 1.29 bits per heavy atom. The number of hydrogen-bond acceptors (Lipinski definition) is 2. The molecule has 0 aliphatic heterocycles. The molecule has 0 aliphatic rings. The maximum Gasteiger partial charge on any atom is 0.416 e. The van der Waals surface area contributed by atoms with Gasteiger partial charge in [-0.1, -0.05) is 31.1 Å². The minimum Gasteiger partial charge on any atom is -0.411 e. The highest BCUT2D eigenvalue weighted by atomic mass is 19.4. The summed E-state index contributed by atoms with van der Waals surface area (Å²) < 4.78 is 37.0. The SMILES string of the molecule is CCC(C)/C(=N\O)c1ccc(C(F)(F)F)cc1. The molecule has 2 nitrogen and oxygen atoms in total. The highest BCUT2D eigenvalue weighted by Crippen LogP contribution is 2.29. The topological polar surface area (TPSA) is 32.6 Å². The molecule has 0 radical (unpaired) electrons. The van der Waals surface area contributed by atoms with Crippen LogP contribution >= 0.6 is 0 Å². The molecule has 0 spiro atoms. The molecule has 1 rings (SSSR count). The lowest BCUT2D eigenvalue weighted by molar-refractivity contribution is -0.137. The summed E-state index contributed by atoms with van der Waals surface area (Å²) in [6, 6.07) is 4.62. The van der Waals surface area contributed by atoms with E-state index in [2.05, 4.69) is 5.16 Å². The fraction of sp³-hybridized carbons (Fsp3) is 0.417. The molecule has 0 saturated heterocycles. The molecular formula is C12H14F3NO. The number of halogens is 3. The summed E-state index contributed by atoms with van der Waals surface area (Å²) in [5.41, 5.74) is 0.207. The monoisotopic (exact) mass is 245 g/mol. The van der Waals surface area contributed by atoms with Crippen molar-refractivity contribution >= 4 is 5.71 Å². The van der Waals surface area contributed by atoms with E-state index in [-0.39, 0.29) is 5.92 Å². The molecule has 94 valence electrons. The first-order valence-corrected chi connectivity index (χ1v) is 5.29. The van der Waals surface area contributed by atoms with Crippen LogP contribution in [0.5, 0.6) is 0 Å². The van der Waals surface area contributed by atoms with Crippen LogP contribution in [0.4, 0.5) is 13.2 Å². The zero-order valence-corrected chi connectivity index (χ0v) is 9.62. The van der Waals surface area contributed by atoms with Gasteiger partial charge in [0.15, 0.2) is 0 Å². The van der Waals surface area contributed by atoms with E-state index in [0.29, 0.717) is 11.3 Å². The van der Waals surface area contributed by atoms with Crippen molar-refractivity contribution < 1.29 is 18.4 Å². The lowest BCUT2D eigenvalue weighted by atomic mass is 9.95. The second-order valence-electron chi connectivity index (χ2n) is 3.87. The third-order valence-electron chi connectivity index (χ3n) is 2.69. The van der Waals surface area contributed by atoms with Gasteiger partial charge in [-0.15, -0.1) is 0 Å². The van der Waals surface area contributed by atoms with Crippen molar-refractivity contribution in [2.75, 3.05) is 0 Å². The second kappa shape index (κ2) is 5.21. The van der Waals surface area contributed by atoms with Gasteiger partial charge in [0.2, 0.25) is 0 Å². The van der Waals surface area contributed by atoms with Gasteiger partial charge in [0.25, 0.3) is 0 Å². The van der Waals surface area contributed by atoms with Gasteiger partial charge in [-0.3, -0.25) is 0 Å². The van der Waals surface area contributed by atoms with Gasteiger partial charge < -0.3 is 5.21 Å². The zero-order valence-electron chi connectivity index (χ0n) is 9.62. The van der Waals surface area contributed by atoms with Gasteiger partial charge in [0.05, 0.1) is 11.3 Å². The molecule has 0 aliphatic carbocycles. The van der Waals surface area contributed by atoms with Crippen LogP contribution in [0.2, 0.25) is 0 Å². The number of oxime groups is 1. The predicted molar refractivity (Wildman–Crippen MR) is 59.2 cm³/mol. The summed E-state index contributed by atoms with van der Waals surface area (Å²) >= 11 is 0. The van der Waals surface area contributed by atoms with E-state index in [1.54, 1.807) is 0 Å². The average molecular weight is 245 g/mol. The Hall–Kier alpha value is -1.52. The smallest absolute Gasteiger partial charge is 0.411 e. The molecule has 5 heteroatoms. The zero-order chi connectivity index (χ0) is 13.1. The van der Waals surface area contributed by atoms with E-state index in [0.717, 1.165) is 18.6 Å². The van der Waals surface area contributed by atoms with Crippen LogP contribution in [0.15, 0.2) is 29.4 Å². The molecule has 1 aromatic rings. The Morgan fingerprint density at radius 3 is 2.18 bits per heavy atom. The Bertz CT molecular complexity index is 395. The van der Waals surface area contributed by atoms with Gasteiger partial charge in [-0.05, 0) is 24.1 Å². The molecule has 0 saturated carbocycles. The number of benzene rings is 1. The molecule has 0 fully saturated rings. The van der Waals surface area contributed by atoms with Crippen LogP contribution < -0.4 is 0 Å². The van der Waals surface area contributed by atoms with Crippen LogP contribution in [-0.4, -0.2) is 10.9 Å². The number of hydrogen-bond donors (Lipinski definition) is 1. The highest BCUT2D eigenvalue weighted by molar-refractivity contribution is 6.01. The Balaban J connectivity index is 3.02. The molecule has 1 N–H and O–H groups in total. The minimum atomic E-state index is -4.34. The van der Waals surface area contributed by atoms with Crippen molar-refractivity contribution in [1.82, 2.24) is 0 Å². The van der Waals surface area contributed by atoms with Crippen LogP contribution in [0.1, 0.15) is 31.4 Å². The molecule has 1 atom stereocenters. The summed E-state index contributed by atoms with van der Waals surface area (Å²) in [6.45, 7) is 3.77. The largest absolute Gasteiger partial charge is 0.416 e. The molecular weight excluding hydrogens is 231 g/mol. The number of alkyl halides is 3. The quantitative estimate of drug-likeness (QED) is 0.488. The van der Waals surface area contributed by atoms with Crippen molar-refractivity contribution in [3.05, 3.63) is 35.4 Å². The van der Waals surface area contributed by atoms with Crippen molar-refractivity contribution in [2.24, 2.45) is 11.1 Å². The molecule has 17 heavy (non-hydrogen) atoms. The third kappa shape index (κ3) is 3.22. The first-order valence-electron chi connectivity index (χ1n) is 5.29. The van der Waals surface area contributed by atoms with Gasteiger partial charge in [0.1, 0.15) is 0 Å². The van der Waals surface area contributed by atoms with Crippen LogP contribution in [0.3, 0.4) is 0 Å². The van der Waals surface area contributed by atoms with E-state index >= 15 is 0 Å². The van der Waals surface area contributed by atoms with Crippen LogP contribution in [0, 0.1) is 5.92 Å². The summed E-state index contributed by atoms with van der Waals surface area (Å²) in [6.07, 6.45) is -3.59. The maximum absolute atomic E-state index is 12.3. The Labute approximate surface area is 97.8 Å². The van der Waals surface area contributed by atoms with E-state index in [1.165, 1.54) is 12.1 Å². The Kier molecular flexibility index (Phi) is 4.15. The summed E-state index contributed by atoms with van der Waals surface area (Å²) in [5.74, 6) is -0.00302. The average Bonchev–Trinajstić information content (AvgIpc) is 2.29. The van der Waals surface area contributed by atoms with Gasteiger partial charge >= 0.3 is 6.18 Å². The standard InChI is InChI=1S/C12H14F3NO/c1-3-8(2)11(16-17)9-4-6-10(7-5-9)12(13,14)15/h4-8,17H,3H2,1-2H3/b16-11+. The van der Waals surface area contributed by atoms with E-state index < -0.39 is 11.7 Å². The van der Waals surface area contributed by atoms with Crippen molar-refractivity contribution in [3.63, 3.8) is 0 Å². The predicted octanol–water partition coefficient (Wildman–Crippen LogP) is 3.93. The van der Waals surface area contributed by atoms with Crippen LogP contribution in [0.25, 0.3) is 0 Å². The fourth-order valence-corrected chi connectivity index (χ4v) is 1.46. The van der Waals surface area contributed by atoms with Crippen molar-refractivity contribution in [1.29, 1.82) is 0 Å². The number of rotatable bonds is 3. The lowest BCUT2D eigenvalue weighted by Crippen LogP contribution is -2.12. The minimum absolute atomic E-state index is 0.00302. The first-order chi connectivity index (χ1) is 7.90. The first kappa shape index (κ1) is 13.5. The molecule has 0 heterocycles. The fourth-order valence-electron chi connectivity index (χ4n) is 1.46. The second-order valence-corrected chi connectivity index (χ2v) is 3.87. The van der Waals surface area contributed by atoms with E-state index in [1.807, 2.05) is 13.8 Å². The molecule has 0 amide bonds. The summed E-state index contributed by atoms with van der Waals surface area (Å²) in [4.78, 5) is 0. The van der Waals surface area contributed by atoms with E-state index in [9.17, 15) is 13.2 Å². The highest BCUT2D eigenvalue weighted by Gasteiger charge is 2.30. The normalized spacial score (nSPS) is 14.8.